The zero-order valence-electron chi connectivity index (χ0n) is 12.1. The van der Waals surface area contributed by atoms with E-state index < -0.39 is 12.0 Å². The number of hydrogen-bond donors (Lipinski definition) is 1. The van der Waals surface area contributed by atoms with E-state index in [4.69, 9.17) is 9.47 Å². The van der Waals surface area contributed by atoms with Gasteiger partial charge in [0.15, 0.2) is 0 Å². The van der Waals surface area contributed by atoms with E-state index in [-0.39, 0.29) is 12.2 Å². The summed E-state index contributed by atoms with van der Waals surface area (Å²) in [5, 5.41) is 9.63. The zero-order chi connectivity index (χ0) is 14.7. The largest absolute Gasteiger partial charge is 0.496 e. The molecular formula is C15H21NO4. The Kier molecular flexibility index (Phi) is 4.62. The van der Waals surface area contributed by atoms with Crippen LogP contribution in [0.15, 0.2) is 24.3 Å². The summed E-state index contributed by atoms with van der Waals surface area (Å²) in [5.74, 6) is -0.262. The van der Waals surface area contributed by atoms with Crippen molar-refractivity contribution >= 4 is 5.97 Å². The highest BCUT2D eigenvalue weighted by Gasteiger charge is 2.34. The van der Waals surface area contributed by atoms with Crippen LogP contribution in [0.1, 0.15) is 25.5 Å². The summed E-state index contributed by atoms with van der Waals surface area (Å²) in [7, 11) is 1.56. The second-order valence-corrected chi connectivity index (χ2v) is 5.19. The lowest BCUT2D eigenvalue weighted by Gasteiger charge is -2.38. The van der Waals surface area contributed by atoms with Gasteiger partial charge in [-0.1, -0.05) is 18.2 Å². The molecule has 0 saturated carbocycles. The Morgan fingerprint density at radius 2 is 1.95 bits per heavy atom. The maximum Gasteiger partial charge on any atom is 0.325 e. The average molecular weight is 279 g/mol. The number of morpholine rings is 1. The molecule has 1 fully saturated rings. The molecule has 5 heteroatoms. The molecule has 20 heavy (non-hydrogen) atoms. The maximum absolute atomic E-state index is 11.7. The number of para-hydroxylation sites is 1. The van der Waals surface area contributed by atoms with Crippen molar-refractivity contribution in [2.75, 3.05) is 20.2 Å². The first kappa shape index (κ1) is 14.8. The van der Waals surface area contributed by atoms with Crippen molar-refractivity contribution < 1.29 is 19.4 Å². The molecule has 0 bridgehead atoms. The summed E-state index contributed by atoms with van der Waals surface area (Å²) in [5.41, 5.74) is 0.684. The minimum absolute atomic E-state index is 0.0234. The Hall–Kier alpha value is -1.59. The van der Waals surface area contributed by atoms with Crippen LogP contribution in [0.4, 0.5) is 0 Å². The Morgan fingerprint density at radius 3 is 2.50 bits per heavy atom. The second-order valence-electron chi connectivity index (χ2n) is 5.19. The van der Waals surface area contributed by atoms with Crippen molar-refractivity contribution in [1.82, 2.24) is 4.90 Å². The van der Waals surface area contributed by atoms with Gasteiger partial charge in [0.1, 0.15) is 11.8 Å². The summed E-state index contributed by atoms with van der Waals surface area (Å²) < 4.78 is 11.0. The van der Waals surface area contributed by atoms with Crippen molar-refractivity contribution in [3.8, 4) is 5.75 Å². The number of carbonyl (C=O) groups is 1. The lowest BCUT2D eigenvalue weighted by Crippen LogP contribution is -2.48. The van der Waals surface area contributed by atoms with Crippen LogP contribution in [-0.2, 0) is 9.53 Å². The van der Waals surface area contributed by atoms with Crippen LogP contribution in [0, 0.1) is 0 Å². The number of nitrogens with zero attached hydrogens (tertiary/aromatic N) is 1. The lowest BCUT2D eigenvalue weighted by atomic mass is 10.0. The van der Waals surface area contributed by atoms with Gasteiger partial charge in [-0.3, -0.25) is 9.69 Å². The first-order valence-electron chi connectivity index (χ1n) is 6.78. The molecule has 1 N–H and O–H groups in total. The van der Waals surface area contributed by atoms with Crippen LogP contribution < -0.4 is 4.74 Å². The van der Waals surface area contributed by atoms with Gasteiger partial charge < -0.3 is 14.6 Å². The predicted molar refractivity (Wildman–Crippen MR) is 75.0 cm³/mol. The van der Waals surface area contributed by atoms with Gasteiger partial charge in [-0.25, -0.2) is 0 Å². The number of benzene rings is 1. The van der Waals surface area contributed by atoms with Crippen molar-refractivity contribution in [1.29, 1.82) is 0 Å². The number of carboxylic acids is 1. The summed E-state index contributed by atoms with van der Waals surface area (Å²) in [6.45, 7) is 5.12. The zero-order valence-corrected chi connectivity index (χ0v) is 12.1. The highest BCUT2D eigenvalue weighted by Crippen LogP contribution is 2.31. The molecule has 1 aromatic carbocycles. The molecule has 1 aliphatic heterocycles. The van der Waals surface area contributed by atoms with Gasteiger partial charge in [0.25, 0.3) is 0 Å². The number of rotatable bonds is 4. The fourth-order valence-corrected chi connectivity index (χ4v) is 2.81. The Bertz CT molecular complexity index is 467. The monoisotopic (exact) mass is 279 g/mol. The van der Waals surface area contributed by atoms with E-state index in [1.165, 1.54) is 0 Å². The van der Waals surface area contributed by atoms with Gasteiger partial charge in [-0.15, -0.1) is 0 Å². The van der Waals surface area contributed by atoms with Gasteiger partial charge in [-0.05, 0) is 19.9 Å². The minimum atomic E-state index is -0.865. The molecule has 3 atom stereocenters. The predicted octanol–water partition coefficient (Wildman–Crippen LogP) is 1.93. The maximum atomic E-state index is 11.7. The van der Waals surface area contributed by atoms with Gasteiger partial charge in [-0.2, -0.15) is 0 Å². The molecule has 0 spiro atoms. The van der Waals surface area contributed by atoms with Crippen LogP contribution in [0.3, 0.4) is 0 Å². The Labute approximate surface area is 119 Å². The molecule has 1 heterocycles. The van der Waals surface area contributed by atoms with Crippen LogP contribution in [0.5, 0.6) is 5.75 Å². The molecule has 0 aromatic heterocycles. The number of ether oxygens (including phenoxy) is 2. The molecule has 0 aliphatic carbocycles. The SMILES string of the molecule is COc1ccccc1C(C(=O)O)N1CC(C)OC(C)C1. The Balaban J connectivity index is 2.33. The smallest absolute Gasteiger partial charge is 0.325 e. The fourth-order valence-electron chi connectivity index (χ4n) is 2.81. The summed E-state index contributed by atoms with van der Waals surface area (Å²) in [4.78, 5) is 13.7. The molecule has 3 unspecified atom stereocenters. The van der Waals surface area contributed by atoms with E-state index in [1.54, 1.807) is 13.2 Å². The molecule has 1 saturated heterocycles. The van der Waals surface area contributed by atoms with Crippen molar-refractivity contribution in [3.63, 3.8) is 0 Å². The third kappa shape index (κ3) is 3.11. The molecule has 1 aromatic rings. The van der Waals surface area contributed by atoms with E-state index in [0.29, 0.717) is 24.4 Å². The van der Waals surface area contributed by atoms with Gasteiger partial charge in [0.2, 0.25) is 0 Å². The van der Waals surface area contributed by atoms with E-state index >= 15 is 0 Å². The topological polar surface area (TPSA) is 59.0 Å². The minimum Gasteiger partial charge on any atom is -0.496 e. The number of aliphatic carboxylic acids is 1. The van der Waals surface area contributed by atoms with Crippen LogP contribution in [-0.4, -0.2) is 48.4 Å². The van der Waals surface area contributed by atoms with Crippen LogP contribution >= 0.6 is 0 Å². The molecular weight excluding hydrogens is 258 g/mol. The highest BCUT2D eigenvalue weighted by atomic mass is 16.5. The molecule has 110 valence electrons. The van der Waals surface area contributed by atoms with Crippen molar-refractivity contribution in [2.45, 2.75) is 32.1 Å². The van der Waals surface area contributed by atoms with E-state index in [2.05, 4.69) is 0 Å². The van der Waals surface area contributed by atoms with E-state index in [9.17, 15) is 9.90 Å². The van der Waals surface area contributed by atoms with Crippen LogP contribution in [0.25, 0.3) is 0 Å². The first-order chi connectivity index (χ1) is 9.52. The lowest BCUT2D eigenvalue weighted by molar-refractivity contribution is -0.149. The van der Waals surface area contributed by atoms with Gasteiger partial charge in [0.05, 0.1) is 19.3 Å². The van der Waals surface area contributed by atoms with Crippen LogP contribution in [0.2, 0.25) is 0 Å². The average Bonchev–Trinajstić information content (AvgIpc) is 2.38. The molecule has 2 rings (SSSR count). The number of methoxy groups -OCH3 is 1. The number of carboxylic acid groups (broad SMARTS) is 1. The second kappa shape index (κ2) is 6.24. The van der Waals surface area contributed by atoms with E-state index in [0.717, 1.165) is 0 Å². The quantitative estimate of drug-likeness (QED) is 0.912. The third-order valence-electron chi connectivity index (χ3n) is 3.48. The van der Waals surface area contributed by atoms with Crippen molar-refractivity contribution in [3.05, 3.63) is 29.8 Å². The highest BCUT2D eigenvalue weighted by molar-refractivity contribution is 5.76. The number of hydrogen-bond acceptors (Lipinski definition) is 4. The van der Waals surface area contributed by atoms with E-state index in [1.807, 2.05) is 36.9 Å². The summed E-state index contributed by atoms with van der Waals surface area (Å²) >= 11 is 0. The van der Waals surface area contributed by atoms with Gasteiger partial charge >= 0.3 is 5.97 Å². The van der Waals surface area contributed by atoms with Gasteiger partial charge in [0, 0.05) is 18.7 Å². The standard InChI is InChI=1S/C15H21NO4/c1-10-8-16(9-11(2)20-10)14(15(17)18)12-6-4-5-7-13(12)19-3/h4-7,10-11,14H,8-9H2,1-3H3,(H,17,18). The first-order valence-corrected chi connectivity index (χ1v) is 6.78. The normalized spacial score (nSPS) is 25.1. The summed E-state index contributed by atoms with van der Waals surface area (Å²) in [6, 6.07) is 6.56. The Morgan fingerprint density at radius 1 is 1.35 bits per heavy atom. The third-order valence-corrected chi connectivity index (χ3v) is 3.48. The van der Waals surface area contributed by atoms with Crippen molar-refractivity contribution in [2.24, 2.45) is 0 Å². The molecule has 5 nitrogen and oxygen atoms in total. The fraction of sp³-hybridized carbons (Fsp3) is 0.533. The summed E-state index contributed by atoms with van der Waals surface area (Å²) in [6.07, 6.45) is 0.0469. The molecule has 1 aliphatic rings. The molecule has 0 radical (unpaired) electrons. The molecule has 0 amide bonds.